The van der Waals surface area contributed by atoms with E-state index in [2.05, 4.69) is 35.9 Å². The Morgan fingerprint density at radius 1 is 1.38 bits per heavy atom. The molecule has 3 N–H and O–H groups in total. The average Bonchev–Trinajstić information content (AvgIpc) is 2.80. The third-order valence-electron chi connectivity index (χ3n) is 3.20. The first kappa shape index (κ1) is 13.5. The van der Waals surface area contributed by atoms with E-state index in [1.54, 1.807) is 0 Å². The van der Waals surface area contributed by atoms with Crippen LogP contribution < -0.4 is 16.0 Å². The molecule has 0 bridgehead atoms. The summed E-state index contributed by atoms with van der Waals surface area (Å²) in [7, 11) is 0. The molecular formula is C13H27N3. The monoisotopic (exact) mass is 225 g/mol. The van der Waals surface area contributed by atoms with Gasteiger partial charge in [-0.05, 0) is 59.2 Å². The molecule has 16 heavy (non-hydrogen) atoms. The normalized spacial score (nSPS) is 21.4. The summed E-state index contributed by atoms with van der Waals surface area (Å²) in [4.78, 5) is 0. The Hall–Kier alpha value is -0.540. The van der Waals surface area contributed by atoms with Gasteiger partial charge in [0.15, 0.2) is 0 Å². The van der Waals surface area contributed by atoms with E-state index in [9.17, 15) is 0 Å². The lowest BCUT2D eigenvalue weighted by atomic mass is 10.1. The van der Waals surface area contributed by atoms with Crippen LogP contribution in [0.25, 0.3) is 0 Å². The van der Waals surface area contributed by atoms with Crippen LogP contribution in [0.4, 0.5) is 0 Å². The van der Waals surface area contributed by atoms with Crippen molar-refractivity contribution in [2.24, 2.45) is 0 Å². The molecule has 1 saturated heterocycles. The van der Waals surface area contributed by atoms with E-state index in [4.69, 9.17) is 0 Å². The molecule has 0 aromatic carbocycles. The van der Waals surface area contributed by atoms with Crippen LogP contribution in [0.3, 0.4) is 0 Å². The molecule has 0 aromatic rings. The van der Waals surface area contributed by atoms with Gasteiger partial charge in [0.2, 0.25) is 0 Å². The third-order valence-corrected chi connectivity index (χ3v) is 3.20. The van der Waals surface area contributed by atoms with Crippen LogP contribution in [0, 0.1) is 0 Å². The van der Waals surface area contributed by atoms with Crippen molar-refractivity contribution < 1.29 is 0 Å². The molecule has 1 atom stereocenters. The topological polar surface area (TPSA) is 36.1 Å². The number of allylic oxidation sites excluding steroid dienone is 2. The summed E-state index contributed by atoms with van der Waals surface area (Å²) in [5, 5.41) is 10.4. The fraction of sp³-hybridized carbons (Fsp3) is 0.846. The predicted octanol–water partition coefficient (Wildman–Crippen LogP) is 1.62. The zero-order valence-electron chi connectivity index (χ0n) is 10.8. The Kier molecular flexibility index (Phi) is 7.26. The summed E-state index contributed by atoms with van der Waals surface area (Å²) in [5.74, 6) is 0. The molecule has 0 aliphatic carbocycles. The van der Waals surface area contributed by atoms with Crippen molar-refractivity contribution >= 4 is 0 Å². The molecule has 3 heteroatoms. The van der Waals surface area contributed by atoms with E-state index < -0.39 is 0 Å². The van der Waals surface area contributed by atoms with E-state index in [0.717, 1.165) is 25.7 Å². The van der Waals surface area contributed by atoms with Crippen LogP contribution in [0.15, 0.2) is 11.8 Å². The minimum atomic E-state index is 0.774. The highest BCUT2D eigenvalue weighted by Crippen LogP contribution is 2.07. The molecular weight excluding hydrogens is 198 g/mol. The summed E-state index contributed by atoms with van der Waals surface area (Å²) >= 11 is 0. The maximum absolute atomic E-state index is 3.52. The molecule has 0 amide bonds. The van der Waals surface area contributed by atoms with E-state index >= 15 is 0 Å². The molecule has 0 radical (unpaired) electrons. The van der Waals surface area contributed by atoms with E-state index in [1.165, 1.54) is 37.9 Å². The first-order valence-electron chi connectivity index (χ1n) is 6.64. The molecule has 94 valence electrons. The van der Waals surface area contributed by atoms with Gasteiger partial charge < -0.3 is 16.0 Å². The van der Waals surface area contributed by atoms with Crippen LogP contribution in [-0.4, -0.2) is 32.2 Å². The van der Waals surface area contributed by atoms with Crippen LogP contribution in [0.5, 0.6) is 0 Å². The van der Waals surface area contributed by atoms with Crippen LogP contribution in [0.2, 0.25) is 0 Å². The minimum absolute atomic E-state index is 0.774. The Morgan fingerprint density at radius 3 is 2.94 bits per heavy atom. The smallest absolute Gasteiger partial charge is 0.0155 e. The second kappa shape index (κ2) is 8.59. The molecule has 3 nitrogen and oxygen atoms in total. The molecule has 1 unspecified atom stereocenters. The fourth-order valence-electron chi connectivity index (χ4n) is 2.01. The Balaban J connectivity index is 1.81. The fourth-order valence-corrected chi connectivity index (χ4v) is 2.01. The standard InChI is InChI=1S/C13H27N3/c1-3-12(2)15-10-5-8-14-11-7-13-6-4-9-16-13/h3,13-16H,4-11H2,1-2H3/b12-3-. The number of nitrogens with one attached hydrogen (secondary N) is 3. The van der Waals surface area contributed by atoms with Crippen LogP contribution in [-0.2, 0) is 0 Å². The Morgan fingerprint density at radius 2 is 2.25 bits per heavy atom. The average molecular weight is 225 g/mol. The van der Waals surface area contributed by atoms with Crippen molar-refractivity contribution in [1.82, 2.24) is 16.0 Å². The van der Waals surface area contributed by atoms with E-state index in [1.807, 2.05) is 0 Å². The Bertz CT molecular complexity index is 195. The Labute approximate surface area is 100 Å². The summed E-state index contributed by atoms with van der Waals surface area (Å²) in [5.41, 5.74) is 1.27. The van der Waals surface area contributed by atoms with Crippen molar-refractivity contribution in [3.05, 3.63) is 11.8 Å². The molecule has 1 aliphatic rings. The van der Waals surface area contributed by atoms with E-state index in [-0.39, 0.29) is 0 Å². The van der Waals surface area contributed by atoms with Gasteiger partial charge in [-0.2, -0.15) is 0 Å². The molecule has 1 heterocycles. The summed E-state index contributed by atoms with van der Waals surface area (Å²) < 4.78 is 0. The van der Waals surface area contributed by atoms with Gasteiger partial charge >= 0.3 is 0 Å². The molecule has 0 saturated carbocycles. The summed E-state index contributed by atoms with van der Waals surface area (Å²) in [6.45, 7) is 8.74. The van der Waals surface area contributed by atoms with Gasteiger partial charge in [0.1, 0.15) is 0 Å². The van der Waals surface area contributed by atoms with Gasteiger partial charge in [-0.1, -0.05) is 6.08 Å². The highest BCUT2D eigenvalue weighted by Gasteiger charge is 2.12. The van der Waals surface area contributed by atoms with Crippen molar-refractivity contribution in [1.29, 1.82) is 0 Å². The summed E-state index contributed by atoms with van der Waals surface area (Å²) in [6.07, 6.45) is 7.31. The number of hydrogen-bond donors (Lipinski definition) is 3. The van der Waals surface area contributed by atoms with Gasteiger partial charge in [0.25, 0.3) is 0 Å². The molecule has 1 rings (SSSR count). The number of hydrogen-bond acceptors (Lipinski definition) is 3. The highest BCUT2D eigenvalue weighted by atomic mass is 15.0. The molecule has 1 fully saturated rings. The lowest BCUT2D eigenvalue weighted by molar-refractivity contribution is 0.517. The van der Waals surface area contributed by atoms with Gasteiger partial charge in [-0.25, -0.2) is 0 Å². The lowest BCUT2D eigenvalue weighted by Gasteiger charge is -2.11. The van der Waals surface area contributed by atoms with Crippen molar-refractivity contribution in [2.45, 2.75) is 45.6 Å². The predicted molar refractivity (Wildman–Crippen MR) is 70.6 cm³/mol. The third kappa shape index (κ3) is 6.13. The number of rotatable bonds is 8. The highest BCUT2D eigenvalue weighted by molar-refractivity contribution is 4.91. The SMILES string of the molecule is C/C=C(/C)NCCCNCCC1CCCN1. The zero-order chi connectivity index (χ0) is 11.6. The minimum Gasteiger partial charge on any atom is -0.389 e. The second-order valence-electron chi connectivity index (χ2n) is 4.58. The first-order valence-corrected chi connectivity index (χ1v) is 6.64. The van der Waals surface area contributed by atoms with Crippen molar-refractivity contribution in [3.63, 3.8) is 0 Å². The first-order chi connectivity index (χ1) is 7.83. The maximum Gasteiger partial charge on any atom is 0.0155 e. The second-order valence-corrected chi connectivity index (χ2v) is 4.58. The lowest BCUT2D eigenvalue weighted by Crippen LogP contribution is -2.28. The molecule has 0 aromatic heterocycles. The van der Waals surface area contributed by atoms with Gasteiger partial charge in [0, 0.05) is 18.3 Å². The molecule has 0 spiro atoms. The van der Waals surface area contributed by atoms with Crippen LogP contribution in [0.1, 0.15) is 39.5 Å². The maximum atomic E-state index is 3.52. The molecule has 1 aliphatic heterocycles. The van der Waals surface area contributed by atoms with Crippen molar-refractivity contribution in [3.8, 4) is 0 Å². The van der Waals surface area contributed by atoms with Crippen molar-refractivity contribution in [2.75, 3.05) is 26.2 Å². The van der Waals surface area contributed by atoms with Gasteiger partial charge in [-0.15, -0.1) is 0 Å². The quantitative estimate of drug-likeness (QED) is 0.549. The van der Waals surface area contributed by atoms with E-state index in [0.29, 0.717) is 0 Å². The largest absolute Gasteiger partial charge is 0.389 e. The van der Waals surface area contributed by atoms with Gasteiger partial charge in [0.05, 0.1) is 0 Å². The van der Waals surface area contributed by atoms with Gasteiger partial charge in [-0.3, -0.25) is 0 Å². The summed E-state index contributed by atoms with van der Waals surface area (Å²) in [6, 6.07) is 0.774. The van der Waals surface area contributed by atoms with Crippen LogP contribution >= 0.6 is 0 Å². The zero-order valence-corrected chi connectivity index (χ0v) is 10.8.